The van der Waals surface area contributed by atoms with E-state index in [2.05, 4.69) is 15.4 Å². The van der Waals surface area contributed by atoms with Crippen molar-refractivity contribution in [3.63, 3.8) is 0 Å². The summed E-state index contributed by atoms with van der Waals surface area (Å²) in [5.74, 6) is -0.937. The summed E-state index contributed by atoms with van der Waals surface area (Å²) in [7, 11) is -2.47. The van der Waals surface area contributed by atoms with Crippen LogP contribution >= 0.6 is 0 Å². The quantitative estimate of drug-likeness (QED) is 0.230. The Labute approximate surface area is 348 Å². The fourth-order valence-corrected chi connectivity index (χ4v) is 9.97. The lowest BCUT2D eigenvalue weighted by molar-refractivity contribution is -0.142. The van der Waals surface area contributed by atoms with Gasteiger partial charge in [-0.2, -0.15) is 0 Å². The molecular weight excluding hydrogens is 795 g/mol. The number of carbonyl (C=O) groups is 4. The molecule has 8 rings (SSSR count). The first kappa shape index (κ1) is 41.2. The van der Waals surface area contributed by atoms with E-state index in [0.717, 1.165) is 17.4 Å². The van der Waals surface area contributed by atoms with Crippen molar-refractivity contribution in [1.29, 1.82) is 0 Å². The molecule has 4 amide bonds. The van der Waals surface area contributed by atoms with E-state index in [9.17, 15) is 32.7 Å². The number of hydrogen-bond acceptors (Lipinski definition) is 11. The number of rotatable bonds is 8. The maximum absolute atomic E-state index is 14.7. The molecule has 17 heteroatoms. The fourth-order valence-electron chi connectivity index (χ4n) is 8.66. The molecule has 3 fully saturated rings. The monoisotopic (exact) mass is 845 g/mol. The summed E-state index contributed by atoms with van der Waals surface area (Å²) in [6.07, 6.45) is 4.41. The van der Waals surface area contributed by atoms with Crippen molar-refractivity contribution in [3.05, 3.63) is 54.6 Å². The summed E-state index contributed by atoms with van der Waals surface area (Å²) in [4.78, 5) is 61.6. The van der Waals surface area contributed by atoms with Gasteiger partial charge in [-0.05, 0) is 105 Å². The average Bonchev–Trinajstić information content (AvgIpc) is 4.10. The number of allylic oxidation sites excluding steroid dienone is 1. The van der Waals surface area contributed by atoms with Crippen molar-refractivity contribution >= 4 is 44.6 Å². The van der Waals surface area contributed by atoms with Crippen LogP contribution in [0.15, 0.2) is 54.6 Å². The Bertz CT molecular complexity index is 2370. The number of carbonyl (C=O) groups excluding carboxylic acids is 3. The molecule has 0 bridgehead atoms. The van der Waals surface area contributed by atoms with Crippen LogP contribution in [0.2, 0.25) is 0 Å². The van der Waals surface area contributed by atoms with E-state index in [1.54, 1.807) is 20.1 Å². The van der Waals surface area contributed by atoms with E-state index in [1.165, 1.54) is 4.90 Å². The molecule has 2 saturated carbocycles. The van der Waals surface area contributed by atoms with Gasteiger partial charge in [0.2, 0.25) is 27.7 Å². The topological polar surface area (TPSA) is 212 Å². The predicted octanol–water partition coefficient (Wildman–Crippen LogP) is 4.55. The van der Waals surface area contributed by atoms with Crippen LogP contribution in [0.1, 0.15) is 65.7 Å². The van der Waals surface area contributed by atoms with E-state index in [1.807, 2.05) is 62.4 Å². The number of amides is 4. The van der Waals surface area contributed by atoms with Crippen molar-refractivity contribution in [2.45, 2.75) is 94.2 Å². The number of nitrogens with one attached hydrogen (secondary N) is 3. The minimum Gasteiger partial charge on any atom is -0.497 e. The molecule has 3 aliphatic heterocycles. The van der Waals surface area contributed by atoms with E-state index < -0.39 is 74.1 Å². The molecule has 7 atom stereocenters. The molecule has 0 radical (unpaired) electrons. The highest BCUT2D eigenvalue weighted by Crippen LogP contribution is 2.48. The van der Waals surface area contributed by atoms with Crippen LogP contribution in [0.5, 0.6) is 23.1 Å². The molecule has 4 N–H and O–H groups in total. The molecule has 0 unspecified atom stereocenters. The molecule has 4 heterocycles. The van der Waals surface area contributed by atoms with Crippen LogP contribution in [0.3, 0.4) is 0 Å². The summed E-state index contributed by atoms with van der Waals surface area (Å²) in [5.41, 5.74) is -0.303. The van der Waals surface area contributed by atoms with Crippen molar-refractivity contribution in [2.75, 3.05) is 26.9 Å². The number of carboxylic acid groups (broad SMARTS) is 1. The first-order valence-corrected chi connectivity index (χ1v) is 22.0. The summed E-state index contributed by atoms with van der Waals surface area (Å²) < 4.78 is 51.4. The van der Waals surface area contributed by atoms with Crippen LogP contribution in [-0.4, -0.2) is 103 Å². The number of ether oxygens (including phenoxy) is 4. The van der Waals surface area contributed by atoms with Gasteiger partial charge >= 0.3 is 6.09 Å². The molecule has 2 aliphatic carbocycles. The first-order valence-electron chi connectivity index (χ1n) is 20.5. The molecule has 0 spiro atoms. The van der Waals surface area contributed by atoms with Crippen molar-refractivity contribution < 1.29 is 51.6 Å². The minimum absolute atomic E-state index is 0.0374. The van der Waals surface area contributed by atoms with Gasteiger partial charge in [-0.25, -0.2) is 18.2 Å². The van der Waals surface area contributed by atoms with Gasteiger partial charge in [0.05, 0.1) is 24.1 Å². The molecule has 2 aromatic carbocycles. The number of methoxy groups -OCH3 is 1. The van der Waals surface area contributed by atoms with Gasteiger partial charge in [0.1, 0.15) is 42.7 Å². The standard InChI is InChI=1S/C43H51N5O11S/c1-24-7-5-6-8-28-22-43(28,40(51)47-60(54,55)42(3)13-14-42)46-37(49)33-21-30(23-48(33)39(50)36(25(2)17-24)45-41(52)53)59-38-31-11-10-29(56-4)18-27(31)19-32(44-38)26-9-12-34-35(20-26)58-16-15-57-34/h6,8-12,18-20,24-25,28,30,33,36,45H,5,7,13-17,21-23H2,1-4H3,(H,46,49)(H,47,51)(H,52,53)/t24-,25+,28+,30+,33-,36-,43+/m0/s1. The van der Waals surface area contributed by atoms with Crippen molar-refractivity contribution in [3.8, 4) is 34.4 Å². The molecule has 3 aromatic rings. The smallest absolute Gasteiger partial charge is 0.405 e. The van der Waals surface area contributed by atoms with Crippen LogP contribution in [0, 0.1) is 17.8 Å². The molecular formula is C43H51N5O11S. The second-order valence-corrected chi connectivity index (χ2v) is 19.3. The SMILES string of the molecule is COc1ccc2c(O[C@@H]3C[C@H]4C(=O)N[C@]5(C(=O)NS(=O)(=O)C6(C)CC6)C[C@H]5C=CCC[C@H](C)C[C@@H](C)[C@H](NC(=O)O)C(=O)N4C3)nc(-c3ccc4c(c3)OCCO4)cc2c1. The second kappa shape index (κ2) is 15.8. The fraction of sp³-hybridized carbons (Fsp3) is 0.512. The van der Waals surface area contributed by atoms with Gasteiger partial charge in [-0.1, -0.05) is 26.0 Å². The Morgan fingerprint density at radius 1 is 1.03 bits per heavy atom. The highest BCUT2D eigenvalue weighted by atomic mass is 32.2. The Kier molecular flexibility index (Phi) is 10.8. The highest BCUT2D eigenvalue weighted by Gasteiger charge is 2.63. The summed E-state index contributed by atoms with van der Waals surface area (Å²) >= 11 is 0. The van der Waals surface area contributed by atoms with E-state index >= 15 is 0 Å². The molecule has 1 saturated heterocycles. The van der Waals surface area contributed by atoms with Crippen molar-refractivity contribution in [2.24, 2.45) is 17.8 Å². The minimum atomic E-state index is -4.03. The summed E-state index contributed by atoms with van der Waals surface area (Å²) in [6, 6.07) is 10.4. The maximum Gasteiger partial charge on any atom is 0.405 e. The summed E-state index contributed by atoms with van der Waals surface area (Å²) in [6.45, 7) is 6.15. The Morgan fingerprint density at radius 2 is 1.80 bits per heavy atom. The van der Waals surface area contributed by atoms with Crippen molar-refractivity contribution in [1.82, 2.24) is 25.2 Å². The molecule has 16 nitrogen and oxygen atoms in total. The number of fused-ring (bicyclic) bond motifs is 4. The lowest BCUT2D eigenvalue weighted by Gasteiger charge is -2.32. The number of sulfonamides is 1. The lowest BCUT2D eigenvalue weighted by atomic mass is 9.88. The normalized spacial score (nSPS) is 28.6. The third kappa shape index (κ3) is 8.02. The molecule has 1 aromatic heterocycles. The number of aromatic nitrogens is 1. The molecule has 5 aliphatic rings. The van der Waals surface area contributed by atoms with E-state index in [0.29, 0.717) is 67.2 Å². The Hall–Kier alpha value is -5.58. The van der Waals surface area contributed by atoms with E-state index in [-0.39, 0.29) is 31.2 Å². The first-order chi connectivity index (χ1) is 28.6. The van der Waals surface area contributed by atoms with Gasteiger partial charge in [-0.3, -0.25) is 19.1 Å². The highest BCUT2D eigenvalue weighted by molar-refractivity contribution is 7.91. The van der Waals surface area contributed by atoms with E-state index in [4.69, 9.17) is 23.9 Å². The van der Waals surface area contributed by atoms with Gasteiger partial charge in [-0.15, -0.1) is 0 Å². The number of hydrogen-bond donors (Lipinski definition) is 4. The zero-order valence-electron chi connectivity index (χ0n) is 34.1. The van der Waals surface area contributed by atoms with Gasteiger partial charge in [0, 0.05) is 23.3 Å². The van der Waals surface area contributed by atoms with Gasteiger partial charge in [0.15, 0.2) is 11.5 Å². The van der Waals surface area contributed by atoms with Crippen LogP contribution < -0.4 is 34.3 Å². The Balaban J connectivity index is 1.15. The van der Waals surface area contributed by atoms with Crippen LogP contribution in [0.25, 0.3) is 22.0 Å². The van der Waals surface area contributed by atoms with Crippen LogP contribution in [-0.2, 0) is 24.4 Å². The lowest BCUT2D eigenvalue weighted by Crippen LogP contribution is -2.59. The predicted molar refractivity (Wildman–Crippen MR) is 219 cm³/mol. The van der Waals surface area contributed by atoms with Gasteiger partial charge < -0.3 is 39.6 Å². The molecule has 320 valence electrons. The third-order valence-electron chi connectivity index (χ3n) is 12.6. The zero-order chi connectivity index (χ0) is 42.6. The average molecular weight is 846 g/mol. The third-order valence-corrected chi connectivity index (χ3v) is 14.8. The zero-order valence-corrected chi connectivity index (χ0v) is 34.9. The Morgan fingerprint density at radius 3 is 2.53 bits per heavy atom. The second-order valence-electron chi connectivity index (χ2n) is 17.1. The largest absolute Gasteiger partial charge is 0.497 e. The number of nitrogens with zero attached hydrogens (tertiary/aromatic N) is 2. The van der Waals surface area contributed by atoms with Gasteiger partial charge in [0.25, 0.3) is 5.91 Å². The number of benzene rings is 2. The van der Waals surface area contributed by atoms with Crippen LogP contribution in [0.4, 0.5) is 4.79 Å². The summed E-state index contributed by atoms with van der Waals surface area (Å²) in [5, 5.41) is 16.6. The number of pyridine rings is 1. The molecule has 60 heavy (non-hydrogen) atoms. The maximum atomic E-state index is 14.7.